The topological polar surface area (TPSA) is 53.2 Å². The van der Waals surface area contributed by atoms with Crippen LogP contribution in [0.25, 0.3) is 0 Å². The number of halogens is 4. The molecule has 1 aromatic carbocycles. The summed E-state index contributed by atoms with van der Waals surface area (Å²) in [4.78, 5) is 12.2. The molecule has 1 rings (SSSR count). The highest BCUT2D eigenvalue weighted by Crippen LogP contribution is 2.29. The Balaban J connectivity index is 2.43. The highest BCUT2D eigenvalue weighted by Gasteiger charge is 2.34. The van der Waals surface area contributed by atoms with Gasteiger partial charge < -0.3 is 16.0 Å². The molecule has 0 spiro atoms. The summed E-state index contributed by atoms with van der Waals surface area (Å²) in [5.41, 5.74) is 0.768. The largest absolute Gasteiger partial charge is 0.339 e. The second kappa shape index (κ2) is 13.9. The third kappa shape index (κ3) is 11.7. The number of amides is 1. The molecular weight excluding hydrogens is 505 g/mol. The highest BCUT2D eigenvalue weighted by molar-refractivity contribution is 9.10. The van der Waals surface area contributed by atoms with E-state index in [1.165, 1.54) is 25.7 Å². The molecular formula is C19H27BrCl3N3OS. The van der Waals surface area contributed by atoms with E-state index in [2.05, 4.69) is 38.8 Å². The fourth-order valence-corrected chi connectivity index (χ4v) is 3.50. The summed E-state index contributed by atoms with van der Waals surface area (Å²) in [6, 6.07) is 7.47. The summed E-state index contributed by atoms with van der Waals surface area (Å²) >= 11 is 26.7. The number of unbranched alkanes of at least 4 members (excludes halogenated alkanes) is 6. The predicted molar refractivity (Wildman–Crippen MR) is 128 cm³/mol. The average molecular weight is 532 g/mol. The molecule has 0 aliphatic rings. The fourth-order valence-electron chi connectivity index (χ4n) is 2.54. The first-order valence-corrected chi connectivity index (χ1v) is 11.7. The van der Waals surface area contributed by atoms with Crippen molar-refractivity contribution in [3.63, 3.8) is 0 Å². The quantitative estimate of drug-likeness (QED) is 0.129. The van der Waals surface area contributed by atoms with E-state index >= 15 is 0 Å². The first kappa shape index (κ1) is 25.8. The first-order chi connectivity index (χ1) is 13.2. The van der Waals surface area contributed by atoms with Crippen LogP contribution in [0, 0.1) is 0 Å². The Morgan fingerprint density at radius 3 is 2.36 bits per heavy atom. The van der Waals surface area contributed by atoms with Gasteiger partial charge in [0.15, 0.2) is 5.11 Å². The molecule has 0 unspecified atom stereocenters. The minimum Gasteiger partial charge on any atom is -0.339 e. The standard InChI is InChI=1S/C19H27BrCl3N3OS/c1-2-3-4-5-6-7-8-12-16(27)25-17(19(21,22)23)26-18(28)24-15-11-9-10-14(20)13-15/h9-11,13,17H,2-8,12H2,1H3,(H,25,27)(H2,24,26,28)/t17-/m0/s1. The first-order valence-electron chi connectivity index (χ1n) is 9.41. The van der Waals surface area contributed by atoms with Crippen LogP contribution in [0.5, 0.6) is 0 Å². The van der Waals surface area contributed by atoms with Crippen LogP contribution in [0.1, 0.15) is 58.3 Å². The maximum Gasteiger partial charge on any atom is 0.228 e. The molecule has 0 saturated carbocycles. The van der Waals surface area contributed by atoms with Crippen molar-refractivity contribution in [3.8, 4) is 0 Å². The van der Waals surface area contributed by atoms with Gasteiger partial charge in [0.25, 0.3) is 0 Å². The summed E-state index contributed by atoms with van der Waals surface area (Å²) in [6.45, 7) is 2.19. The molecule has 4 nitrogen and oxygen atoms in total. The van der Waals surface area contributed by atoms with Crippen LogP contribution in [-0.2, 0) is 4.79 Å². The van der Waals surface area contributed by atoms with Crippen LogP contribution in [0.15, 0.2) is 28.7 Å². The average Bonchev–Trinajstić information content (AvgIpc) is 2.59. The van der Waals surface area contributed by atoms with Gasteiger partial charge in [0, 0.05) is 16.6 Å². The summed E-state index contributed by atoms with van der Waals surface area (Å²) < 4.78 is -0.847. The number of benzene rings is 1. The van der Waals surface area contributed by atoms with Crippen molar-refractivity contribution in [1.82, 2.24) is 10.6 Å². The molecule has 0 radical (unpaired) electrons. The van der Waals surface area contributed by atoms with Gasteiger partial charge in [0.1, 0.15) is 6.17 Å². The lowest BCUT2D eigenvalue weighted by molar-refractivity contribution is -0.122. The molecule has 158 valence electrons. The normalized spacial score (nSPS) is 12.3. The number of thiocarbonyl (C=S) groups is 1. The zero-order chi connectivity index (χ0) is 21.0. The fraction of sp³-hybridized carbons (Fsp3) is 0.579. The SMILES string of the molecule is CCCCCCCCCC(=O)N[C@@H](NC(=S)Nc1cccc(Br)c1)C(Cl)(Cl)Cl. The Labute approximate surface area is 196 Å². The Bertz CT molecular complexity index is 629. The van der Waals surface area contributed by atoms with E-state index in [-0.39, 0.29) is 11.0 Å². The van der Waals surface area contributed by atoms with Gasteiger partial charge in [0.2, 0.25) is 9.70 Å². The van der Waals surface area contributed by atoms with Gasteiger partial charge >= 0.3 is 0 Å². The van der Waals surface area contributed by atoms with Crippen LogP contribution < -0.4 is 16.0 Å². The molecule has 0 saturated heterocycles. The molecule has 0 aromatic heterocycles. The molecule has 28 heavy (non-hydrogen) atoms. The van der Waals surface area contributed by atoms with Crippen LogP contribution >= 0.6 is 63.0 Å². The second-order valence-corrected chi connectivity index (χ2v) is 10.2. The van der Waals surface area contributed by atoms with Crippen LogP contribution in [-0.4, -0.2) is 21.0 Å². The molecule has 0 fully saturated rings. The van der Waals surface area contributed by atoms with Crippen LogP contribution in [0.4, 0.5) is 5.69 Å². The third-order valence-electron chi connectivity index (χ3n) is 4.00. The molecule has 0 heterocycles. The van der Waals surface area contributed by atoms with Crippen molar-refractivity contribution < 1.29 is 4.79 Å². The summed E-state index contributed by atoms with van der Waals surface area (Å²) in [7, 11) is 0. The van der Waals surface area contributed by atoms with Gasteiger partial charge in [-0.1, -0.05) is 102 Å². The van der Waals surface area contributed by atoms with E-state index in [9.17, 15) is 4.79 Å². The predicted octanol–water partition coefficient (Wildman–Crippen LogP) is 6.69. The van der Waals surface area contributed by atoms with Crippen LogP contribution in [0.3, 0.4) is 0 Å². The van der Waals surface area contributed by atoms with E-state index in [0.717, 1.165) is 29.4 Å². The maximum atomic E-state index is 12.2. The maximum absolute atomic E-state index is 12.2. The number of anilines is 1. The van der Waals surface area contributed by atoms with E-state index in [0.29, 0.717) is 6.42 Å². The van der Waals surface area contributed by atoms with Crippen molar-refractivity contribution in [3.05, 3.63) is 28.7 Å². The molecule has 0 aliphatic heterocycles. The lowest BCUT2D eigenvalue weighted by Crippen LogP contribution is -2.56. The Hall–Kier alpha value is -0.270. The van der Waals surface area contributed by atoms with Gasteiger partial charge in [-0.2, -0.15) is 0 Å². The summed E-state index contributed by atoms with van der Waals surface area (Å²) in [6.07, 6.45) is 7.38. The number of hydrogen-bond donors (Lipinski definition) is 3. The smallest absolute Gasteiger partial charge is 0.228 e. The number of carbonyl (C=O) groups excluding carboxylic acids is 1. The van der Waals surface area contributed by atoms with Gasteiger partial charge in [0.05, 0.1) is 0 Å². The number of hydrogen-bond acceptors (Lipinski definition) is 2. The van der Waals surface area contributed by atoms with Crippen LogP contribution in [0.2, 0.25) is 0 Å². The van der Waals surface area contributed by atoms with Crippen molar-refractivity contribution in [2.75, 3.05) is 5.32 Å². The van der Waals surface area contributed by atoms with Gasteiger partial charge in [-0.3, -0.25) is 4.79 Å². The van der Waals surface area contributed by atoms with Gasteiger partial charge in [-0.25, -0.2) is 0 Å². The molecule has 1 amide bonds. The molecule has 1 atom stereocenters. The van der Waals surface area contributed by atoms with E-state index in [1.54, 1.807) is 0 Å². The van der Waals surface area contributed by atoms with Gasteiger partial charge in [-0.05, 0) is 36.8 Å². The Kier molecular flexibility index (Phi) is 12.8. The van der Waals surface area contributed by atoms with Crippen molar-refractivity contribution in [2.24, 2.45) is 0 Å². The molecule has 3 N–H and O–H groups in total. The minimum absolute atomic E-state index is 0.178. The van der Waals surface area contributed by atoms with Crippen molar-refractivity contribution >= 4 is 79.7 Å². The third-order valence-corrected chi connectivity index (χ3v) is 5.37. The van der Waals surface area contributed by atoms with Gasteiger partial charge in [-0.15, -0.1) is 0 Å². The van der Waals surface area contributed by atoms with E-state index < -0.39 is 9.96 Å². The Morgan fingerprint density at radius 2 is 1.75 bits per heavy atom. The lowest BCUT2D eigenvalue weighted by Gasteiger charge is -2.27. The number of nitrogens with one attached hydrogen (secondary N) is 3. The zero-order valence-corrected chi connectivity index (χ0v) is 20.5. The van der Waals surface area contributed by atoms with Crippen molar-refractivity contribution in [2.45, 2.75) is 68.2 Å². The highest BCUT2D eigenvalue weighted by atomic mass is 79.9. The Morgan fingerprint density at radius 1 is 1.11 bits per heavy atom. The summed E-state index contributed by atoms with van der Waals surface area (Å²) in [5, 5.41) is 8.81. The minimum atomic E-state index is -1.75. The molecule has 0 bridgehead atoms. The monoisotopic (exact) mass is 529 g/mol. The number of alkyl halides is 3. The second-order valence-electron chi connectivity index (χ2n) is 6.52. The molecule has 0 aliphatic carbocycles. The molecule has 9 heteroatoms. The lowest BCUT2D eigenvalue weighted by atomic mass is 10.1. The molecule has 1 aromatic rings. The number of carbonyl (C=O) groups is 1. The van der Waals surface area contributed by atoms with E-state index in [4.69, 9.17) is 47.0 Å². The van der Waals surface area contributed by atoms with Crippen molar-refractivity contribution in [1.29, 1.82) is 0 Å². The van der Waals surface area contributed by atoms with E-state index in [1.807, 2.05) is 24.3 Å². The summed E-state index contributed by atoms with van der Waals surface area (Å²) in [5.74, 6) is -0.178. The zero-order valence-electron chi connectivity index (χ0n) is 15.9. The number of rotatable bonds is 11.